The summed E-state index contributed by atoms with van der Waals surface area (Å²) >= 11 is 3.24. The zero-order chi connectivity index (χ0) is 14.4. The lowest BCUT2D eigenvalue weighted by atomic mass is 10.2. The van der Waals surface area contributed by atoms with Crippen molar-refractivity contribution in [2.75, 3.05) is 6.54 Å². The molecule has 2 rings (SSSR count). The minimum Gasteiger partial charge on any atom is -0.489 e. The van der Waals surface area contributed by atoms with Gasteiger partial charge in [-0.2, -0.15) is 0 Å². The Hall–Kier alpha value is -1.39. The summed E-state index contributed by atoms with van der Waals surface area (Å²) in [6, 6.07) is 12.9. The van der Waals surface area contributed by atoms with Crippen molar-refractivity contribution in [2.45, 2.75) is 20.1 Å². The SMILES string of the molecule is CCNCc1cccc(OCc2cccc(F)c2Br)c1. The Kier molecular flexibility index (Phi) is 5.56. The molecule has 20 heavy (non-hydrogen) atoms. The third-order valence-corrected chi connectivity index (χ3v) is 3.79. The molecule has 106 valence electrons. The average Bonchev–Trinajstić information content (AvgIpc) is 2.47. The van der Waals surface area contributed by atoms with E-state index in [1.807, 2.05) is 30.3 Å². The second-order valence-corrected chi connectivity index (χ2v) is 5.22. The number of rotatable bonds is 6. The Balaban J connectivity index is 2.01. The summed E-state index contributed by atoms with van der Waals surface area (Å²) in [6.07, 6.45) is 0. The maximum atomic E-state index is 13.4. The summed E-state index contributed by atoms with van der Waals surface area (Å²) < 4.78 is 19.6. The normalized spacial score (nSPS) is 10.6. The van der Waals surface area contributed by atoms with Gasteiger partial charge in [0.05, 0.1) is 4.47 Å². The number of benzene rings is 2. The first kappa shape index (κ1) is 15.0. The second kappa shape index (κ2) is 7.41. The van der Waals surface area contributed by atoms with Gasteiger partial charge in [0.2, 0.25) is 0 Å². The summed E-state index contributed by atoms with van der Waals surface area (Å²) in [6.45, 7) is 4.16. The molecular formula is C16H17BrFNO. The van der Waals surface area contributed by atoms with Crippen molar-refractivity contribution in [3.8, 4) is 5.75 Å². The monoisotopic (exact) mass is 337 g/mol. The molecule has 0 unspecified atom stereocenters. The van der Waals surface area contributed by atoms with Gasteiger partial charge in [0, 0.05) is 12.1 Å². The highest BCUT2D eigenvalue weighted by atomic mass is 79.9. The van der Waals surface area contributed by atoms with E-state index in [2.05, 4.69) is 28.2 Å². The van der Waals surface area contributed by atoms with Crippen LogP contribution in [0.25, 0.3) is 0 Å². The Labute approximate surface area is 127 Å². The fraction of sp³-hybridized carbons (Fsp3) is 0.250. The van der Waals surface area contributed by atoms with Crippen LogP contribution in [-0.2, 0) is 13.2 Å². The van der Waals surface area contributed by atoms with Crippen molar-refractivity contribution in [1.29, 1.82) is 0 Å². The lowest BCUT2D eigenvalue weighted by Gasteiger charge is -2.10. The Morgan fingerprint density at radius 3 is 2.80 bits per heavy atom. The van der Waals surface area contributed by atoms with E-state index < -0.39 is 0 Å². The van der Waals surface area contributed by atoms with E-state index in [-0.39, 0.29) is 5.82 Å². The summed E-state index contributed by atoms with van der Waals surface area (Å²) in [5, 5.41) is 3.27. The van der Waals surface area contributed by atoms with Gasteiger partial charge < -0.3 is 10.1 Å². The molecular weight excluding hydrogens is 321 g/mol. The molecule has 2 aromatic carbocycles. The van der Waals surface area contributed by atoms with Crippen LogP contribution in [0, 0.1) is 5.82 Å². The first-order valence-corrected chi connectivity index (χ1v) is 7.35. The molecule has 0 saturated heterocycles. The second-order valence-electron chi connectivity index (χ2n) is 4.43. The quantitative estimate of drug-likeness (QED) is 0.849. The molecule has 4 heteroatoms. The van der Waals surface area contributed by atoms with Crippen LogP contribution in [0.5, 0.6) is 5.75 Å². The van der Waals surface area contributed by atoms with Crippen LogP contribution in [0.4, 0.5) is 4.39 Å². The molecule has 0 spiro atoms. The van der Waals surface area contributed by atoms with Gasteiger partial charge in [-0.3, -0.25) is 0 Å². The van der Waals surface area contributed by atoms with Crippen LogP contribution in [0.3, 0.4) is 0 Å². The predicted molar refractivity (Wildman–Crippen MR) is 82.3 cm³/mol. The van der Waals surface area contributed by atoms with Crippen LogP contribution in [0.15, 0.2) is 46.9 Å². The molecule has 0 aliphatic rings. The lowest BCUT2D eigenvalue weighted by molar-refractivity contribution is 0.304. The first-order chi connectivity index (χ1) is 9.70. The molecule has 0 bridgehead atoms. The molecule has 0 amide bonds. The zero-order valence-corrected chi connectivity index (χ0v) is 12.9. The van der Waals surface area contributed by atoms with Crippen molar-refractivity contribution < 1.29 is 9.13 Å². The van der Waals surface area contributed by atoms with E-state index in [0.717, 1.165) is 24.4 Å². The molecule has 1 N–H and O–H groups in total. The van der Waals surface area contributed by atoms with Gasteiger partial charge in [-0.1, -0.05) is 31.2 Å². The third kappa shape index (κ3) is 4.05. The van der Waals surface area contributed by atoms with Gasteiger partial charge in [-0.25, -0.2) is 4.39 Å². The predicted octanol–water partition coefficient (Wildman–Crippen LogP) is 4.28. The highest BCUT2D eigenvalue weighted by molar-refractivity contribution is 9.10. The number of ether oxygens (including phenoxy) is 1. The summed E-state index contributed by atoms with van der Waals surface area (Å²) in [7, 11) is 0. The maximum absolute atomic E-state index is 13.4. The molecule has 0 aliphatic carbocycles. The zero-order valence-electron chi connectivity index (χ0n) is 11.3. The van der Waals surface area contributed by atoms with Gasteiger partial charge in [0.15, 0.2) is 0 Å². The number of halogens is 2. The topological polar surface area (TPSA) is 21.3 Å². The molecule has 0 atom stereocenters. The molecule has 0 radical (unpaired) electrons. The van der Waals surface area contributed by atoms with E-state index in [0.29, 0.717) is 11.1 Å². The van der Waals surface area contributed by atoms with Crippen molar-refractivity contribution in [1.82, 2.24) is 5.32 Å². The lowest BCUT2D eigenvalue weighted by Crippen LogP contribution is -2.11. The molecule has 0 aromatic heterocycles. The van der Waals surface area contributed by atoms with Gasteiger partial charge in [-0.15, -0.1) is 0 Å². The van der Waals surface area contributed by atoms with Crippen LogP contribution in [0.1, 0.15) is 18.1 Å². The van der Waals surface area contributed by atoms with Crippen molar-refractivity contribution in [3.05, 3.63) is 63.9 Å². The summed E-state index contributed by atoms with van der Waals surface area (Å²) in [4.78, 5) is 0. The highest BCUT2D eigenvalue weighted by Crippen LogP contribution is 2.22. The smallest absolute Gasteiger partial charge is 0.137 e. The van der Waals surface area contributed by atoms with Crippen LogP contribution in [-0.4, -0.2) is 6.54 Å². The van der Waals surface area contributed by atoms with Crippen LogP contribution < -0.4 is 10.1 Å². The number of nitrogens with one attached hydrogen (secondary N) is 1. The highest BCUT2D eigenvalue weighted by Gasteiger charge is 2.06. The van der Waals surface area contributed by atoms with E-state index in [1.165, 1.54) is 11.6 Å². The molecule has 0 saturated carbocycles. The van der Waals surface area contributed by atoms with E-state index in [4.69, 9.17) is 4.74 Å². The molecule has 0 aliphatic heterocycles. The number of hydrogen-bond donors (Lipinski definition) is 1. The minimum absolute atomic E-state index is 0.271. The van der Waals surface area contributed by atoms with E-state index in [9.17, 15) is 4.39 Å². The fourth-order valence-electron chi connectivity index (χ4n) is 1.84. The molecule has 0 fully saturated rings. The standard InChI is InChI=1S/C16H17BrFNO/c1-2-19-10-12-5-3-7-14(9-12)20-11-13-6-4-8-15(18)16(13)17/h3-9,19H,2,10-11H2,1H3. The van der Waals surface area contributed by atoms with Gasteiger partial charge in [-0.05, 0) is 46.2 Å². The Morgan fingerprint density at radius 2 is 2.00 bits per heavy atom. The van der Waals surface area contributed by atoms with Crippen molar-refractivity contribution in [3.63, 3.8) is 0 Å². The average molecular weight is 338 g/mol. The molecule has 2 aromatic rings. The van der Waals surface area contributed by atoms with Gasteiger partial charge in [0.25, 0.3) is 0 Å². The Bertz CT molecular complexity index is 574. The van der Waals surface area contributed by atoms with E-state index >= 15 is 0 Å². The maximum Gasteiger partial charge on any atom is 0.137 e. The van der Waals surface area contributed by atoms with E-state index in [1.54, 1.807) is 6.07 Å². The molecule has 2 nitrogen and oxygen atoms in total. The van der Waals surface area contributed by atoms with Crippen LogP contribution in [0.2, 0.25) is 0 Å². The van der Waals surface area contributed by atoms with Crippen molar-refractivity contribution in [2.24, 2.45) is 0 Å². The Morgan fingerprint density at radius 1 is 1.20 bits per heavy atom. The fourth-order valence-corrected chi connectivity index (χ4v) is 2.21. The third-order valence-electron chi connectivity index (χ3n) is 2.90. The van der Waals surface area contributed by atoms with Crippen LogP contribution >= 0.6 is 15.9 Å². The van der Waals surface area contributed by atoms with Crippen molar-refractivity contribution >= 4 is 15.9 Å². The molecule has 0 heterocycles. The summed E-state index contributed by atoms with van der Waals surface area (Å²) in [5.74, 6) is 0.517. The first-order valence-electron chi connectivity index (χ1n) is 6.56. The minimum atomic E-state index is -0.271. The van der Waals surface area contributed by atoms with Gasteiger partial charge >= 0.3 is 0 Å². The largest absolute Gasteiger partial charge is 0.489 e. The van der Waals surface area contributed by atoms with Gasteiger partial charge in [0.1, 0.15) is 18.2 Å². The number of hydrogen-bond acceptors (Lipinski definition) is 2. The summed E-state index contributed by atoms with van der Waals surface area (Å²) in [5.41, 5.74) is 1.96.